The van der Waals surface area contributed by atoms with Gasteiger partial charge in [0.05, 0.1) is 0 Å². The fraction of sp³-hybridized carbons (Fsp3) is 0. The van der Waals surface area contributed by atoms with Crippen LogP contribution in [-0.4, -0.2) is 20.1 Å². The Kier molecular flexibility index (Phi) is 1.93. The Balaban J connectivity index is 2.31. The third-order valence-electron chi connectivity index (χ3n) is 2.19. The first kappa shape index (κ1) is 9.34. The maximum Gasteiger partial charge on any atom is 0.439 e. The van der Waals surface area contributed by atoms with Crippen LogP contribution in [0.3, 0.4) is 0 Å². The van der Waals surface area contributed by atoms with Crippen molar-refractivity contribution in [1.82, 2.24) is 20.1 Å². The summed E-state index contributed by atoms with van der Waals surface area (Å²) in [7, 11) is 0. The Morgan fingerprint density at radius 2 is 2.31 bits per heavy atom. The van der Waals surface area contributed by atoms with Gasteiger partial charge in [0.15, 0.2) is 5.82 Å². The van der Waals surface area contributed by atoms with E-state index in [4.69, 9.17) is 0 Å². The first-order valence-corrected chi connectivity index (χ1v) is 5.22. The van der Waals surface area contributed by atoms with Gasteiger partial charge in [0.2, 0.25) is 0 Å². The predicted octanol–water partition coefficient (Wildman–Crippen LogP) is 1.67. The van der Waals surface area contributed by atoms with E-state index in [9.17, 15) is 4.79 Å². The summed E-state index contributed by atoms with van der Waals surface area (Å²) in [5, 5.41) is 4.49. The fourth-order valence-corrected chi connectivity index (χ4v) is 1.85. The first-order valence-electron chi connectivity index (χ1n) is 4.43. The van der Waals surface area contributed by atoms with Crippen LogP contribution in [0.1, 0.15) is 0 Å². The molecular weight excluding hydrogens is 276 g/mol. The molecule has 0 aromatic carbocycles. The van der Waals surface area contributed by atoms with Crippen LogP contribution in [-0.2, 0) is 0 Å². The summed E-state index contributed by atoms with van der Waals surface area (Å²) in [6.45, 7) is 0. The summed E-state index contributed by atoms with van der Waals surface area (Å²) < 4.78 is 5.31. The van der Waals surface area contributed by atoms with Gasteiger partial charge >= 0.3 is 5.76 Å². The SMILES string of the molecule is O=c1[nH]c(-c2c[nH]c3ncc(Br)cc23)no1. The van der Waals surface area contributed by atoms with Gasteiger partial charge in [-0.25, -0.2) is 9.78 Å². The molecule has 0 bridgehead atoms. The number of halogens is 1. The molecule has 0 atom stereocenters. The molecule has 0 aliphatic heterocycles. The quantitative estimate of drug-likeness (QED) is 0.710. The Labute approximate surface area is 96.8 Å². The number of rotatable bonds is 1. The molecule has 6 nitrogen and oxygen atoms in total. The number of nitrogens with zero attached hydrogens (tertiary/aromatic N) is 2. The van der Waals surface area contributed by atoms with Gasteiger partial charge in [0.1, 0.15) is 5.65 Å². The molecule has 0 aliphatic carbocycles. The highest BCUT2D eigenvalue weighted by Crippen LogP contribution is 2.26. The number of aromatic nitrogens is 4. The number of pyridine rings is 1. The molecule has 0 amide bonds. The lowest BCUT2D eigenvalue weighted by molar-refractivity contribution is 0.388. The third-order valence-corrected chi connectivity index (χ3v) is 2.63. The summed E-state index contributed by atoms with van der Waals surface area (Å²) in [5.74, 6) is -0.191. The van der Waals surface area contributed by atoms with Crippen molar-refractivity contribution in [3.63, 3.8) is 0 Å². The number of fused-ring (bicyclic) bond motifs is 1. The van der Waals surface area contributed by atoms with Crippen LogP contribution in [0.2, 0.25) is 0 Å². The van der Waals surface area contributed by atoms with Crippen LogP contribution in [0.4, 0.5) is 0 Å². The molecule has 3 aromatic rings. The summed E-state index contributed by atoms with van der Waals surface area (Å²) in [4.78, 5) is 20.5. The maximum absolute atomic E-state index is 10.9. The zero-order chi connectivity index (χ0) is 11.1. The molecule has 0 radical (unpaired) electrons. The monoisotopic (exact) mass is 280 g/mol. The summed E-state index contributed by atoms with van der Waals surface area (Å²) in [5.41, 5.74) is 1.47. The van der Waals surface area contributed by atoms with E-state index in [2.05, 4.69) is 40.6 Å². The lowest BCUT2D eigenvalue weighted by Gasteiger charge is -1.93. The van der Waals surface area contributed by atoms with Crippen LogP contribution in [0.5, 0.6) is 0 Å². The third kappa shape index (κ3) is 1.36. The van der Waals surface area contributed by atoms with Gasteiger partial charge in [-0.15, -0.1) is 0 Å². The van der Waals surface area contributed by atoms with E-state index < -0.39 is 5.76 Å². The van der Waals surface area contributed by atoms with E-state index in [0.29, 0.717) is 5.82 Å². The molecule has 0 fully saturated rings. The number of nitrogens with one attached hydrogen (secondary N) is 2. The molecule has 0 aliphatic rings. The van der Waals surface area contributed by atoms with Gasteiger partial charge in [-0.1, -0.05) is 5.16 Å². The highest BCUT2D eigenvalue weighted by atomic mass is 79.9. The second kappa shape index (κ2) is 3.31. The van der Waals surface area contributed by atoms with Gasteiger partial charge in [-0.3, -0.25) is 9.51 Å². The van der Waals surface area contributed by atoms with Crippen molar-refractivity contribution in [2.75, 3.05) is 0 Å². The smallest absolute Gasteiger partial charge is 0.345 e. The molecule has 7 heteroatoms. The summed E-state index contributed by atoms with van der Waals surface area (Å²) in [6, 6.07) is 1.89. The van der Waals surface area contributed by atoms with Crippen molar-refractivity contribution in [2.24, 2.45) is 0 Å². The highest BCUT2D eigenvalue weighted by Gasteiger charge is 2.11. The average Bonchev–Trinajstić information content (AvgIpc) is 2.83. The van der Waals surface area contributed by atoms with E-state index in [1.165, 1.54) is 0 Å². The van der Waals surface area contributed by atoms with Crippen molar-refractivity contribution in [2.45, 2.75) is 0 Å². The van der Waals surface area contributed by atoms with Crippen molar-refractivity contribution < 1.29 is 4.52 Å². The van der Waals surface area contributed by atoms with Gasteiger partial charge in [0.25, 0.3) is 0 Å². The zero-order valence-electron chi connectivity index (χ0n) is 7.82. The summed E-state index contributed by atoms with van der Waals surface area (Å²) in [6.07, 6.45) is 3.41. The van der Waals surface area contributed by atoms with E-state index in [1.807, 2.05) is 6.07 Å². The van der Waals surface area contributed by atoms with Gasteiger partial charge < -0.3 is 4.98 Å². The number of hydrogen-bond donors (Lipinski definition) is 2. The minimum Gasteiger partial charge on any atom is -0.345 e. The molecular formula is C9H5BrN4O2. The normalized spacial score (nSPS) is 11.1. The Hall–Kier alpha value is -1.89. The van der Waals surface area contributed by atoms with Crippen molar-refractivity contribution in [3.8, 4) is 11.4 Å². The Morgan fingerprint density at radius 1 is 1.44 bits per heavy atom. The zero-order valence-corrected chi connectivity index (χ0v) is 9.41. The second-order valence-corrected chi connectivity index (χ2v) is 4.11. The second-order valence-electron chi connectivity index (χ2n) is 3.20. The van der Waals surface area contributed by atoms with Crippen LogP contribution in [0, 0.1) is 0 Å². The molecule has 80 valence electrons. The Bertz CT molecular complexity index is 711. The topological polar surface area (TPSA) is 87.6 Å². The number of hydrogen-bond acceptors (Lipinski definition) is 4. The van der Waals surface area contributed by atoms with Crippen molar-refractivity contribution >= 4 is 27.0 Å². The van der Waals surface area contributed by atoms with E-state index in [-0.39, 0.29) is 0 Å². The standard InChI is InChI=1S/C9H5BrN4O2/c10-4-1-5-6(3-12-7(5)11-2-4)8-13-9(15)16-14-8/h1-3H,(H,11,12)(H,13,14,15). The van der Waals surface area contributed by atoms with Crippen molar-refractivity contribution in [3.05, 3.63) is 33.5 Å². The molecule has 2 N–H and O–H groups in total. The lowest BCUT2D eigenvalue weighted by Crippen LogP contribution is -1.94. The molecule has 0 saturated carbocycles. The fourth-order valence-electron chi connectivity index (χ4n) is 1.52. The first-order chi connectivity index (χ1) is 7.74. The van der Waals surface area contributed by atoms with Crippen LogP contribution >= 0.6 is 15.9 Å². The van der Waals surface area contributed by atoms with Crippen LogP contribution in [0.25, 0.3) is 22.4 Å². The van der Waals surface area contributed by atoms with E-state index in [1.54, 1.807) is 12.4 Å². The minimum atomic E-state index is -0.577. The van der Waals surface area contributed by atoms with Crippen molar-refractivity contribution in [1.29, 1.82) is 0 Å². The molecule has 3 heterocycles. The van der Waals surface area contributed by atoms with E-state index >= 15 is 0 Å². The maximum atomic E-state index is 10.9. The minimum absolute atomic E-state index is 0.385. The Morgan fingerprint density at radius 3 is 3.06 bits per heavy atom. The number of H-pyrrole nitrogens is 2. The molecule has 16 heavy (non-hydrogen) atoms. The van der Waals surface area contributed by atoms with Gasteiger partial charge in [0, 0.05) is 27.8 Å². The average molecular weight is 281 g/mol. The van der Waals surface area contributed by atoms with Crippen LogP contribution < -0.4 is 5.76 Å². The van der Waals surface area contributed by atoms with Gasteiger partial charge in [-0.05, 0) is 22.0 Å². The lowest BCUT2D eigenvalue weighted by atomic mass is 10.2. The molecule has 0 spiro atoms. The number of aromatic amines is 2. The van der Waals surface area contributed by atoms with Gasteiger partial charge in [-0.2, -0.15) is 0 Å². The molecule has 3 rings (SSSR count). The van der Waals surface area contributed by atoms with Crippen LogP contribution in [0.15, 0.2) is 32.3 Å². The molecule has 0 unspecified atom stereocenters. The molecule has 0 saturated heterocycles. The predicted molar refractivity (Wildman–Crippen MR) is 59.9 cm³/mol. The van der Waals surface area contributed by atoms with E-state index in [0.717, 1.165) is 21.1 Å². The highest BCUT2D eigenvalue weighted by molar-refractivity contribution is 9.10. The largest absolute Gasteiger partial charge is 0.439 e. The summed E-state index contributed by atoms with van der Waals surface area (Å²) >= 11 is 3.34. The molecule has 3 aromatic heterocycles.